The molecule has 2 heterocycles. The fourth-order valence-corrected chi connectivity index (χ4v) is 3.00. The average Bonchev–Trinajstić information content (AvgIpc) is 2.78. The minimum Gasteiger partial charge on any atom is -0.478 e. The molecule has 110 valence electrons. The number of fused-ring (bicyclic) bond motifs is 3. The maximum absolute atomic E-state index is 11.7. The van der Waals surface area contributed by atoms with Gasteiger partial charge in [0.2, 0.25) is 0 Å². The van der Waals surface area contributed by atoms with Crippen LogP contribution < -0.4 is 0 Å². The Balaban J connectivity index is 2.14. The van der Waals surface area contributed by atoms with E-state index in [9.17, 15) is 9.59 Å². The van der Waals surface area contributed by atoms with Gasteiger partial charge in [-0.05, 0) is 18.2 Å². The lowest BCUT2D eigenvalue weighted by molar-refractivity contribution is 0.0697. The molecule has 1 aliphatic rings. The summed E-state index contributed by atoms with van der Waals surface area (Å²) in [6.45, 7) is 1.05. The van der Waals surface area contributed by atoms with Crippen molar-refractivity contribution in [3.05, 3.63) is 35.0 Å². The topological polar surface area (TPSA) is 71.8 Å². The molecule has 1 N–H and O–H groups in total. The average molecular weight is 288 g/mol. The molecule has 1 aromatic carbocycles. The van der Waals surface area contributed by atoms with E-state index in [4.69, 9.17) is 9.84 Å². The molecule has 0 saturated heterocycles. The van der Waals surface area contributed by atoms with Gasteiger partial charge in [0.15, 0.2) is 0 Å². The number of rotatable bonds is 1. The second-order valence-corrected chi connectivity index (χ2v) is 5.16. The largest absolute Gasteiger partial charge is 0.478 e. The summed E-state index contributed by atoms with van der Waals surface area (Å²) in [4.78, 5) is 24.5. The first-order valence-electron chi connectivity index (χ1n) is 6.69. The van der Waals surface area contributed by atoms with Crippen LogP contribution in [0.5, 0.6) is 0 Å². The highest BCUT2D eigenvalue weighted by Crippen LogP contribution is 2.31. The molecule has 0 aliphatic carbocycles. The number of hydrogen-bond acceptors (Lipinski definition) is 3. The van der Waals surface area contributed by atoms with Gasteiger partial charge < -0.3 is 19.3 Å². The van der Waals surface area contributed by atoms with E-state index in [1.807, 2.05) is 13.1 Å². The van der Waals surface area contributed by atoms with Gasteiger partial charge in [-0.2, -0.15) is 0 Å². The highest BCUT2D eigenvalue weighted by Gasteiger charge is 2.26. The van der Waals surface area contributed by atoms with Crippen molar-refractivity contribution in [3.8, 4) is 0 Å². The lowest BCUT2D eigenvalue weighted by Gasteiger charge is -2.26. The number of aryl methyl sites for hydroxylation is 1. The molecule has 1 amide bonds. The SMILES string of the molecule is COC(=O)N1CCc2c(c3cc(C(=O)O)ccc3n2C)C1. The van der Waals surface area contributed by atoms with Crippen LogP contribution in [0.15, 0.2) is 18.2 Å². The molecule has 3 rings (SSSR count). The number of carboxylic acids is 1. The van der Waals surface area contributed by atoms with Gasteiger partial charge in [0.25, 0.3) is 0 Å². The van der Waals surface area contributed by atoms with Crippen molar-refractivity contribution >= 4 is 23.0 Å². The lowest BCUT2D eigenvalue weighted by atomic mass is 10.0. The maximum atomic E-state index is 11.7. The van der Waals surface area contributed by atoms with Gasteiger partial charge in [-0.15, -0.1) is 0 Å². The number of carboxylic acid groups (broad SMARTS) is 1. The Morgan fingerprint density at radius 3 is 2.76 bits per heavy atom. The normalized spacial score (nSPS) is 14.1. The van der Waals surface area contributed by atoms with Gasteiger partial charge in [0.1, 0.15) is 0 Å². The molecule has 1 aromatic heterocycles. The Bertz CT molecular complexity index is 748. The smallest absolute Gasteiger partial charge is 0.409 e. The van der Waals surface area contributed by atoms with E-state index in [0.717, 1.165) is 28.6 Å². The molecule has 0 spiro atoms. The number of aromatic carboxylic acids is 1. The number of hydrogen-bond donors (Lipinski definition) is 1. The third kappa shape index (κ3) is 2.03. The molecule has 6 heteroatoms. The van der Waals surface area contributed by atoms with Crippen LogP contribution in [0.3, 0.4) is 0 Å². The first-order chi connectivity index (χ1) is 10.0. The zero-order valence-electron chi connectivity index (χ0n) is 11.9. The summed E-state index contributed by atoms with van der Waals surface area (Å²) in [6.07, 6.45) is 0.380. The van der Waals surface area contributed by atoms with Gasteiger partial charge in [-0.3, -0.25) is 0 Å². The van der Waals surface area contributed by atoms with Crippen LogP contribution >= 0.6 is 0 Å². The van der Waals surface area contributed by atoms with Crippen molar-refractivity contribution in [3.63, 3.8) is 0 Å². The summed E-state index contributed by atoms with van der Waals surface area (Å²) in [6, 6.07) is 5.10. The fraction of sp³-hybridized carbons (Fsp3) is 0.333. The van der Waals surface area contributed by atoms with Gasteiger partial charge >= 0.3 is 12.1 Å². The second kappa shape index (κ2) is 4.80. The summed E-state index contributed by atoms with van der Waals surface area (Å²) >= 11 is 0. The number of nitrogens with zero attached hydrogens (tertiary/aromatic N) is 2. The first kappa shape index (κ1) is 13.5. The predicted molar refractivity (Wildman–Crippen MR) is 76.4 cm³/mol. The number of benzene rings is 1. The molecule has 0 atom stereocenters. The highest BCUT2D eigenvalue weighted by atomic mass is 16.5. The van der Waals surface area contributed by atoms with Crippen molar-refractivity contribution in [1.29, 1.82) is 0 Å². The zero-order valence-corrected chi connectivity index (χ0v) is 11.9. The minimum atomic E-state index is -0.949. The quantitative estimate of drug-likeness (QED) is 0.871. The molecular weight excluding hydrogens is 272 g/mol. The molecule has 6 nitrogen and oxygen atoms in total. The summed E-state index contributed by atoms with van der Waals surface area (Å²) in [5.41, 5.74) is 3.39. The minimum absolute atomic E-state index is 0.256. The van der Waals surface area contributed by atoms with Crippen molar-refractivity contribution in [1.82, 2.24) is 9.47 Å². The van der Waals surface area contributed by atoms with Crippen LogP contribution in [0.4, 0.5) is 4.79 Å². The van der Waals surface area contributed by atoms with Gasteiger partial charge in [0, 0.05) is 42.2 Å². The monoisotopic (exact) mass is 288 g/mol. The predicted octanol–water partition coefficient (Wildman–Crippen LogP) is 2.00. The van der Waals surface area contributed by atoms with E-state index >= 15 is 0 Å². The van der Waals surface area contributed by atoms with E-state index in [0.29, 0.717) is 13.1 Å². The van der Waals surface area contributed by atoms with E-state index in [1.54, 1.807) is 17.0 Å². The summed E-state index contributed by atoms with van der Waals surface area (Å²) in [7, 11) is 3.33. The standard InChI is InChI=1S/C15H16N2O4/c1-16-12-4-3-9(14(18)19)7-10(12)11-8-17(15(20)21-2)6-5-13(11)16/h3-4,7H,5-6,8H2,1-2H3,(H,18,19). The summed E-state index contributed by atoms with van der Waals surface area (Å²) < 4.78 is 6.85. The number of carbonyl (C=O) groups excluding carboxylic acids is 1. The van der Waals surface area contributed by atoms with Crippen LogP contribution in [-0.2, 0) is 24.8 Å². The Morgan fingerprint density at radius 1 is 1.33 bits per heavy atom. The Labute approximate surface area is 121 Å². The van der Waals surface area contributed by atoms with E-state index in [1.165, 1.54) is 7.11 Å². The van der Waals surface area contributed by atoms with Gasteiger partial charge in [-0.25, -0.2) is 9.59 Å². The first-order valence-corrected chi connectivity index (χ1v) is 6.69. The summed E-state index contributed by atoms with van der Waals surface area (Å²) in [5, 5.41) is 10.0. The highest BCUT2D eigenvalue weighted by molar-refractivity contribution is 5.95. The molecule has 0 unspecified atom stereocenters. The molecule has 0 fully saturated rings. The number of aromatic nitrogens is 1. The fourth-order valence-electron chi connectivity index (χ4n) is 3.00. The third-order valence-electron chi connectivity index (χ3n) is 4.08. The molecule has 1 aliphatic heterocycles. The van der Waals surface area contributed by atoms with Crippen molar-refractivity contribution in [2.24, 2.45) is 7.05 Å². The van der Waals surface area contributed by atoms with Crippen LogP contribution in [0.25, 0.3) is 10.9 Å². The Kier molecular flexibility index (Phi) is 3.08. The third-order valence-corrected chi connectivity index (χ3v) is 4.08. The van der Waals surface area contributed by atoms with Crippen molar-refractivity contribution in [2.75, 3.05) is 13.7 Å². The molecule has 2 aromatic rings. The van der Waals surface area contributed by atoms with Crippen molar-refractivity contribution < 1.29 is 19.4 Å². The number of amides is 1. The van der Waals surface area contributed by atoms with Crippen LogP contribution in [0.2, 0.25) is 0 Å². The number of methoxy groups -OCH3 is 1. The molecule has 0 radical (unpaired) electrons. The summed E-state index contributed by atoms with van der Waals surface area (Å²) in [5.74, 6) is -0.949. The van der Waals surface area contributed by atoms with Crippen molar-refractivity contribution in [2.45, 2.75) is 13.0 Å². The molecule has 0 bridgehead atoms. The lowest BCUT2D eigenvalue weighted by Crippen LogP contribution is -2.36. The van der Waals surface area contributed by atoms with Gasteiger partial charge in [-0.1, -0.05) is 0 Å². The van der Waals surface area contributed by atoms with Crippen LogP contribution in [0, 0.1) is 0 Å². The van der Waals surface area contributed by atoms with Crippen LogP contribution in [-0.4, -0.2) is 40.3 Å². The number of ether oxygens (including phenoxy) is 1. The van der Waals surface area contributed by atoms with E-state index < -0.39 is 5.97 Å². The molecular formula is C15H16N2O4. The number of carbonyl (C=O) groups is 2. The maximum Gasteiger partial charge on any atom is 0.409 e. The second-order valence-electron chi connectivity index (χ2n) is 5.16. The molecule has 0 saturated carbocycles. The Morgan fingerprint density at radius 2 is 2.10 bits per heavy atom. The van der Waals surface area contributed by atoms with Gasteiger partial charge in [0.05, 0.1) is 19.2 Å². The van der Waals surface area contributed by atoms with E-state index in [-0.39, 0.29) is 11.7 Å². The Hall–Kier alpha value is -2.50. The zero-order chi connectivity index (χ0) is 15.1. The molecule has 21 heavy (non-hydrogen) atoms. The van der Waals surface area contributed by atoms with E-state index in [2.05, 4.69) is 4.57 Å². The van der Waals surface area contributed by atoms with Crippen LogP contribution in [0.1, 0.15) is 21.6 Å².